The maximum absolute atomic E-state index is 13.1. The van der Waals surface area contributed by atoms with Crippen LogP contribution in [-0.2, 0) is 0 Å². The highest BCUT2D eigenvalue weighted by Crippen LogP contribution is 2.30. The maximum atomic E-state index is 13.1. The number of nitrogens with two attached hydrogens (primary N) is 1. The van der Waals surface area contributed by atoms with Crippen molar-refractivity contribution in [2.75, 3.05) is 11.9 Å². The van der Waals surface area contributed by atoms with Gasteiger partial charge in [-0.3, -0.25) is 9.59 Å². The van der Waals surface area contributed by atoms with Crippen LogP contribution in [0.2, 0.25) is 5.02 Å². The molecule has 0 aliphatic heterocycles. The molecular weight excluding hydrogens is 392 g/mol. The van der Waals surface area contributed by atoms with Crippen molar-refractivity contribution < 1.29 is 31.9 Å². The summed E-state index contributed by atoms with van der Waals surface area (Å²) >= 11 is 5.73. The molecule has 0 bridgehead atoms. The van der Waals surface area contributed by atoms with Crippen molar-refractivity contribution in [3.05, 3.63) is 58.6 Å². The number of hydrogen-bond acceptors (Lipinski definition) is 3. The molecule has 0 heterocycles. The molecule has 0 atom stereocenters. The monoisotopic (exact) mass is 404 g/mol. The first kappa shape index (κ1) is 20.5. The molecule has 5 nitrogen and oxygen atoms in total. The smallest absolute Gasteiger partial charge is 0.340 e. The summed E-state index contributed by atoms with van der Waals surface area (Å²) in [5.74, 6) is -6.23. The summed E-state index contributed by atoms with van der Waals surface area (Å²) < 4.78 is 55.5. The van der Waals surface area contributed by atoms with E-state index < -0.39 is 30.8 Å². The van der Waals surface area contributed by atoms with Gasteiger partial charge in [-0.15, -0.1) is 0 Å². The third kappa shape index (κ3) is 5.33. The predicted octanol–water partition coefficient (Wildman–Crippen LogP) is 3.97. The number of nitrogens with one attached hydrogen (secondary N) is 1. The fourth-order valence-electron chi connectivity index (χ4n) is 1.94. The highest BCUT2D eigenvalue weighted by molar-refractivity contribution is 6.30. The molecule has 0 fully saturated rings. The predicted molar refractivity (Wildman–Crippen MR) is 90.8 cm³/mol. The number of carbonyl (C=O) groups is 2. The number of rotatable bonds is 7. The average molecular weight is 405 g/mol. The van der Waals surface area contributed by atoms with Crippen molar-refractivity contribution in [2.24, 2.45) is 5.73 Å². The van der Waals surface area contributed by atoms with E-state index in [-0.39, 0.29) is 22.6 Å². The van der Waals surface area contributed by atoms with Gasteiger partial charge in [0.05, 0.1) is 5.69 Å². The highest BCUT2D eigenvalue weighted by Gasteiger charge is 2.41. The Kier molecular flexibility index (Phi) is 6.27. The molecule has 144 valence electrons. The minimum Gasteiger partial charge on any atom is -0.485 e. The van der Waals surface area contributed by atoms with Crippen molar-refractivity contribution in [2.45, 2.75) is 12.3 Å². The van der Waals surface area contributed by atoms with Crippen LogP contribution in [0.4, 0.5) is 23.2 Å². The maximum Gasteiger partial charge on any atom is 0.340 e. The Morgan fingerprint density at radius 3 is 2.26 bits per heavy atom. The van der Waals surface area contributed by atoms with Gasteiger partial charge in [0.1, 0.15) is 5.75 Å². The highest BCUT2D eigenvalue weighted by atomic mass is 35.5. The largest absolute Gasteiger partial charge is 0.485 e. The molecule has 0 radical (unpaired) electrons. The van der Waals surface area contributed by atoms with Crippen LogP contribution < -0.4 is 15.8 Å². The average Bonchev–Trinajstić information content (AvgIpc) is 2.60. The van der Waals surface area contributed by atoms with Crippen LogP contribution in [0.15, 0.2) is 42.5 Å². The van der Waals surface area contributed by atoms with E-state index >= 15 is 0 Å². The van der Waals surface area contributed by atoms with Gasteiger partial charge >= 0.3 is 12.3 Å². The lowest BCUT2D eigenvalue weighted by Gasteiger charge is -2.18. The normalized spacial score (nSPS) is 11.3. The number of anilines is 1. The summed E-state index contributed by atoms with van der Waals surface area (Å²) in [7, 11) is 0. The number of alkyl halides is 4. The molecule has 2 rings (SSSR count). The number of amides is 2. The van der Waals surface area contributed by atoms with Crippen LogP contribution in [0.5, 0.6) is 5.75 Å². The van der Waals surface area contributed by atoms with E-state index in [0.717, 1.165) is 18.2 Å². The molecule has 0 saturated carbocycles. The van der Waals surface area contributed by atoms with Gasteiger partial charge in [-0.2, -0.15) is 8.78 Å². The third-order valence-corrected chi connectivity index (χ3v) is 3.61. The number of benzene rings is 2. The molecule has 0 aliphatic rings. The van der Waals surface area contributed by atoms with E-state index in [2.05, 4.69) is 5.32 Å². The van der Waals surface area contributed by atoms with Gasteiger partial charge in [0.25, 0.3) is 5.91 Å². The summed E-state index contributed by atoms with van der Waals surface area (Å²) in [4.78, 5) is 23.6. The number of primary amides is 1. The van der Waals surface area contributed by atoms with Crippen molar-refractivity contribution in [3.8, 4) is 5.75 Å². The lowest BCUT2D eigenvalue weighted by molar-refractivity contribution is -0.148. The van der Waals surface area contributed by atoms with Crippen LogP contribution >= 0.6 is 11.6 Å². The van der Waals surface area contributed by atoms with Gasteiger partial charge < -0.3 is 15.8 Å². The van der Waals surface area contributed by atoms with E-state index in [0.29, 0.717) is 5.02 Å². The lowest BCUT2D eigenvalue weighted by atomic mass is 10.1. The number of carbonyl (C=O) groups excluding carboxylic acids is 2. The summed E-state index contributed by atoms with van der Waals surface area (Å²) in [6.45, 7) is -1.62. The van der Waals surface area contributed by atoms with E-state index in [4.69, 9.17) is 22.1 Å². The Labute approximate surface area is 156 Å². The first-order valence-corrected chi connectivity index (χ1v) is 7.77. The first-order valence-electron chi connectivity index (χ1n) is 7.39. The second-order valence-electron chi connectivity index (χ2n) is 5.39. The van der Waals surface area contributed by atoms with E-state index in [1.54, 1.807) is 0 Å². The number of ether oxygens (including phenoxy) is 1. The van der Waals surface area contributed by atoms with Crippen LogP contribution in [0.3, 0.4) is 0 Å². The van der Waals surface area contributed by atoms with E-state index in [1.165, 1.54) is 24.3 Å². The van der Waals surface area contributed by atoms with Crippen LogP contribution in [0.25, 0.3) is 0 Å². The van der Waals surface area contributed by atoms with Crippen LogP contribution in [0, 0.1) is 0 Å². The Morgan fingerprint density at radius 1 is 1.11 bits per heavy atom. The van der Waals surface area contributed by atoms with Crippen molar-refractivity contribution in [1.82, 2.24) is 0 Å². The molecule has 0 unspecified atom stereocenters. The third-order valence-electron chi connectivity index (χ3n) is 3.36. The molecule has 0 aliphatic carbocycles. The number of halogens is 5. The van der Waals surface area contributed by atoms with Gasteiger partial charge in [-0.25, -0.2) is 8.78 Å². The minimum atomic E-state index is -4.39. The topological polar surface area (TPSA) is 81.4 Å². The molecular formula is C17H13ClF4N2O3. The Bertz CT molecular complexity index is 845. The molecule has 2 amide bonds. The zero-order chi connectivity index (χ0) is 20.2. The van der Waals surface area contributed by atoms with Crippen molar-refractivity contribution >= 4 is 29.1 Å². The second-order valence-corrected chi connectivity index (χ2v) is 5.82. The lowest BCUT2D eigenvalue weighted by Crippen LogP contribution is -2.34. The molecule has 2 aromatic carbocycles. The molecule has 10 heteroatoms. The SMILES string of the molecule is NC(=O)c1ccc(OCC(F)(F)C(F)F)c(NC(=O)c2ccc(Cl)cc2)c1. The van der Waals surface area contributed by atoms with Crippen molar-refractivity contribution in [1.29, 1.82) is 0 Å². The summed E-state index contributed by atoms with van der Waals surface area (Å²) in [6.07, 6.45) is -3.92. The van der Waals surface area contributed by atoms with E-state index in [9.17, 15) is 27.2 Å². The zero-order valence-corrected chi connectivity index (χ0v) is 14.3. The van der Waals surface area contributed by atoms with Gasteiger partial charge in [0.15, 0.2) is 6.61 Å². The summed E-state index contributed by atoms with van der Waals surface area (Å²) in [5.41, 5.74) is 5.09. The molecule has 0 saturated heterocycles. The molecule has 0 spiro atoms. The summed E-state index contributed by atoms with van der Waals surface area (Å²) in [6, 6.07) is 9.03. The summed E-state index contributed by atoms with van der Waals surface area (Å²) in [5, 5.41) is 2.75. The fraction of sp³-hybridized carbons (Fsp3) is 0.176. The van der Waals surface area contributed by atoms with Crippen molar-refractivity contribution in [3.63, 3.8) is 0 Å². The Morgan fingerprint density at radius 2 is 1.70 bits per heavy atom. The van der Waals surface area contributed by atoms with E-state index in [1.807, 2.05) is 0 Å². The molecule has 3 N–H and O–H groups in total. The first-order chi connectivity index (χ1) is 12.6. The fourth-order valence-corrected chi connectivity index (χ4v) is 2.07. The Balaban J connectivity index is 2.28. The van der Waals surface area contributed by atoms with Gasteiger partial charge in [0, 0.05) is 16.1 Å². The standard InChI is InChI=1S/C17H13ClF4N2O3/c18-11-4-1-9(2-5-11)15(26)24-12-7-10(14(23)25)3-6-13(12)27-8-17(21,22)16(19)20/h1-7,16H,8H2,(H2,23,25)(H,24,26). The quantitative estimate of drug-likeness (QED) is 0.685. The second kappa shape index (κ2) is 8.26. The molecule has 0 aromatic heterocycles. The molecule has 2 aromatic rings. The van der Waals surface area contributed by atoms with Crippen LogP contribution in [-0.4, -0.2) is 30.8 Å². The number of hydrogen-bond donors (Lipinski definition) is 2. The van der Waals surface area contributed by atoms with Gasteiger partial charge in [0.2, 0.25) is 5.91 Å². The zero-order valence-electron chi connectivity index (χ0n) is 13.5. The van der Waals surface area contributed by atoms with Gasteiger partial charge in [-0.05, 0) is 42.5 Å². The van der Waals surface area contributed by atoms with Crippen LogP contribution in [0.1, 0.15) is 20.7 Å². The Hall–Kier alpha value is -2.81. The molecule has 27 heavy (non-hydrogen) atoms. The minimum absolute atomic E-state index is 0.0469. The van der Waals surface area contributed by atoms with Gasteiger partial charge in [-0.1, -0.05) is 11.6 Å².